The van der Waals surface area contributed by atoms with E-state index in [1.54, 1.807) is 12.1 Å². The summed E-state index contributed by atoms with van der Waals surface area (Å²) >= 11 is 0. The summed E-state index contributed by atoms with van der Waals surface area (Å²) in [6.45, 7) is 2.35. The molecular weight excluding hydrogens is 362 g/mol. The fourth-order valence-corrected chi connectivity index (χ4v) is 3.90. The molecule has 2 N–H and O–H groups in total. The lowest BCUT2D eigenvalue weighted by molar-refractivity contribution is -0.385. The molecule has 4 rings (SSSR count). The molecule has 0 radical (unpaired) electrons. The molecular formula is C20H21N3O5. The van der Waals surface area contributed by atoms with Crippen LogP contribution in [0.1, 0.15) is 40.4 Å². The number of nitro groups is 1. The lowest BCUT2D eigenvalue weighted by Gasteiger charge is -2.26. The van der Waals surface area contributed by atoms with Gasteiger partial charge in [0.1, 0.15) is 13.2 Å². The van der Waals surface area contributed by atoms with E-state index in [2.05, 4.69) is 4.90 Å². The average molecular weight is 383 g/mol. The van der Waals surface area contributed by atoms with Crippen molar-refractivity contribution < 1.29 is 19.2 Å². The Hall–Kier alpha value is -3.13. The quantitative estimate of drug-likeness (QED) is 0.628. The van der Waals surface area contributed by atoms with Gasteiger partial charge in [-0.2, -0.15) is 0 Å². The first-order valence-corrected chi connectivity index (χ1v) is 9.23. The van der Waals surface area contributed by atoms with Gasteiger partial charge in [0.25, 0.3) is 5.69 Å². The van der Waals surface area contributed by atoms with Gasteiger partial charge < -0.3 is 15.2 Å². The van der Waals surface area contributed by atoms with Crippen molar-refractivity contribution in [2.75, 3.05) is 19.8 Å². The Kier molecular flexibility index (Phi) is 4.87. The summed E-state index contributed by atoms with van der Waals surface area (Å²) in [5.74, 6) is 0.814. The molecule has 8 heteroatoms. The molecule has 2 aromatic carbocycles. The van der Waals surface area contributed by atoms with Crippen LogP contribution in [0.3, 0.4) is 0 Å². The first kappa shape index (κ1) is 18.2. The van der Waals surface area contributed by atoms with E-state index in [1.807, 2.05) is 18.2 Å². The number of primary amides is 1. The van der Waals surface area contributed by atoms with Gasteiger partial charge in [0.15, 0.2) is 11.5 Å². The molecule has 0 spiro atoms. The molecule has 1 unspecified atom stereocenters. The molecule has 2 aliphatic heterocycles. The SMILES string of the molecule is NC(=O)c1ccc(CN2CCCC2c2ccc3c(c2)OCCO3)c([N+](=O)[O-])c1. The van der Waals surface area contributed by atoms with Crippen LogP contribution in [0.25, 0.3) is 0 Å². The third-order valence-electron chi connectivity index (χ3n) is 5.25. The lowest BCUT2D eigenvalue weighted by atomic mass is 10.0. The summed E-state index contributed by atoms with van der Waals surface area (Å²) in [5.41, 5.74) is 6.99. The zero-order valence-corrected chi connectivity index (χ0v) is 15.3. The Morgan fingerprint density at radius 3 is 2.71 bits per heavy atom. The second kappa shape index (κ2) is 7.47. The predicted octanol–water partition coefficient (Wildman–Crippen LogP) is 2.80. The average Bonchev–Trinajstić information content (AvgIpc) is 3.15. The van der Waals surface area contributed by atoms with Crippen molar-refractivity contribution in [2.45, 2.75) is 25.4 Å². The van der Waals surface area contributed by atoms with Crippen molar-refractivity contribution >= 4 is 11.6 Å². The number of benzene rings is 2. The predicted molar refractivity (Wildman–Crippen MR) is 101 cm³/mol. The van der Waals surface area contributed by atoms with Crippen LogP contribution in [-0.4, -0.2) is 35.5 Å². The van der Waals surface area contributed by atoms with Crippen LogP contribution in [0.5, 0.6) is 11.5 Å². The summed E-state index contributed by atoms with van der Waals surface area (Å²) in [7, 11) is 0. The number of hydrogen-bond acceptors (Lipinski definition) is 6. The molecule has 8 nitrogen and oxygen atoms in total. The molecule has 0 saturated carbocycles. The number of nitrogens with two attached hydrogens (primary N) is 1. The van der Waals surface area contributed by atoms with Crippen LogP contribution in [0.4, 0.5) is 5.69 Å². The molecule has 2 heterocycles. The summed E-state index contributed by atoms with van der Waals surface area (Å²) < 4.78 is 11.3. The van der Waals surface area contributed by atoms with Crippen molar-refractivity contribution in [3.8, 4) is 11.5 Å². The lowest BCUT2D eigenvalue weighted by Crippen LogP contribution is -2.24. The Balaban J connectivity index is 1.59. The molecule has 2 aliphatic rings. The van der Waals surface area contributed by atoms with Gasteiger partial charge in [0.05, 0.1) is 4.92 Å². The van der Waals surface area contributed by atoms with Crippen LogP contribution in [0.2, 0.25) is 0 Å². The zero-order chi connectivity index (χ0) is 19.7. The largest absolute Gasteiger partial charge is 0.486 e. The van der Waals surface area contributed by atoms with Gasteiger partial charge in [-0.05, 0) is 43.1 Å². The van der Waals surface area contributed by atoms with Gasteiger partial charge in [-0.1, -0.05) is 12.1 Å². The normalized spacial score (nSPS) is 18.8. The molecule has 1 saturated heterocycles. The Morgan fingerprint density at radius 1 is 1.18 bits per heavy atom. The molecule has 0 aromatic heterocycles. The second-order valence-electron chi connectivity index (χ2n) is 7.00. The van der Waals surface area contributed by atoms with Gasteiger partial charge >= 0.3 is 0 Å². The molecule has 2 aromatic rings. The van der Waals surface area contributed by atoms with E-state index in [1.165, 1.54) is 6.07 Å². The van der Waals surface area contributed by atoms with Crippen LogP contribution >= 0.6 is 0 Å². The minimum atomic E-state index is -0.676. The number of hydrogen-bond donors (Lipinski definition) is 1. The fraction of sp³-hybridized carbons (Fsp3) is 0.350. The highest BCUT2D eigenvalue weighted by molar-refractivity contribution is 5.93. The highest BCUT2D eigenvalue weighted by Gasteiger charge is 2.29. The minimum Gasteiger partial charge on any atom is -0.486 e. The number of likely N-dealkylation sites (tertiary alicyclic amines) is 1. The van der Waals surface area contributed by atoms with E-state index in [4.69, 9.17) is 15.2 Å². The van der Waals surface area contributed by atoms with Crippen molar-refractivity contribution in [1.82, 2.24) is 4.90 Å². The molecule has 28 heavy (non-hydrogen) atoms. The van der Waals surface area contributed by atoms with Crippen LogP contribution < -0.4 is 15.2 Å². The summed E-state index contributed by atoms with van der Waals surface area (Å²) in [4.78, 5) is 24.6. The molecule has 1 amide bonds. The van der Waals surface area contributed by atoms with E-state index in [-0.39, 0.29) is 17.3 Å². The van der Waals surface area contributed by atoms with Crippen LogP contribution in [0, 0.1) is 10.1 Å². The number of nitro benzene ring substituents is 1. The maximum Gasteiger partial charge on any atom is 0.274 e. The summed E-state index contributed by atoms with van der Waals surface area (Å²) in [6.07, 6.45) is 1.97. The van der Waals surface area contributed by atoms with Crippen molar-refractivity contribution in [3.63, 3.8) is 0 Å². The summed E-state index contributed by atoms with van der Waals surface area (Å²) in [5, 5.41) is 11.5. The highest BCUT2D eigenvalue weighted by atomic mass is 16.6. The van der Waals surface area contributed by atoms with Gasteiger partial charge in [-0.3, -0.25) is 19.8 Å². The minimum absolute atomic E-state index is 0.0795. The Labute approximate surface area is 162 Å². The monoisotopic (exact) mass is 383 g/mol. The number of fused-ring (bicyclic) bond motifs is 1. The van der Waals surface area contributed by atoms with Crippen molar-refractivity contribution in [3.05, 3.63) is 63.2 Å². The van der Waals surface area contributed by atoms with Crippen molar-refractivity contribution in [1.29, 1.82) is 0 Å². The molecule has 146 valence electrons. The topological polar surface area (TPSA) is 108 Å². The number of rotatable bonds is 5. The number of amides is 1. The van der Waals surface area contributed by atoms with E-state index >= 15 is 0 Å². The highest BCUT2D eigenvalue weighted by Crippen LogP contribution is 2.39. The van der Waals surface area contributed by atoms with Gasteiger partial charge in [-0.25, -0.2) is 0 Å². The maximum absolute atomic E-state index is 11.5. The van der Waals surface area contributed by atoms with Gasteiger partial charge in [-0.15, -0.1) is 0 Å². The first-order valence-electron chi connectivity index (χ1n) is 9.23. The second-order valence-corrected chi connectivity index (χ2v) is 7.00. The fourth-order valence-electron chi connectivity index (χ4n) is 3.90. The molecule has 0 bridgehead atoms. The Morgan fingerprint density at radius 2 is 1.96 bits per heavy atom. The van der Waals surface area contributed by atoms with Crippen molar-refractivity contribution in [2.24, 2.45) is 5.73 Å². The third kappa shape index (κ3) is 3.50. The van der Waals surface area contributed by atoms with Crippen LogP contribution in [-0.2, 0) is 6.54 Å². The van der Waals surface area contributed by atoms with Crippen LogP contribution in [0.15, 0.2) is 36.4 Å². The first-order chi connectivity index (χ1) is 13.5. The number of ether oxygens (including phenoxy) is 2. The molecule has 0 aliphatic carbocycles. The zero-order valence-electron chi connectivity index (χ0n) is 15.3. The van der Waals surface area contributed by atoms with Gasteiger partial charge in [0.2, 0.25) is 5.91 Å². The number of carbonyl (C=O) groups excluding carboxylic acids is 1. The Bertz CT molecular complexity index is 930. The van der Waals surface area contributed by atoms with E-state index < -0.39 is 10.8 Å². The molecule has 1 fully saturated rings. The standard InChI is InChI=1S/C20H21N3O5/c21-20(24)14-3-4-15(17(10-14)23(25)26)12-22-7-1-2-16(22)13-5-6-18-19(11-13)28-9-8-27-18/h3-6,10-11,16H,1-2,7-9,12H2,(H2,21,24). The maximum atomic E-state index is 11.5. The number of carbonyl (C=O) groups is 1. The summed E-state index contributed by atoms with van der Waals surface area (Å²) in [6, 6.07) is 10.5. The van der Waals surface area contributed by atoms with E-state index in [9.17, 15) is 14.9 Å². The van der Waals surface area contributed by atoms with E-state index in [0.717, 1.165) is 36.4 Å². The third-order valence-corrected chi connectivity index (χ3v) is 5.25. The molecule has 1 atom stereocenters. The number of nitrogens with zero attached hydrogens (tertiary/aromatic N) is 2. The van der Waals surface area contributed by atoms with Gasteiger partial charge in [0, 0.05) is 29.8 Å². The smallest absolute Gasteiger partial charge is 0.274 e. The van der Waals surface area contributed by atoms with E-state index in [0.29, 0.717) is 25.3 Å².